The summed E-state index contributed by atoms with van der Waals surface area (Å²) in [5.74, 6) is 1.79. The number of aliphatic imine (C=N–C) groups is 1. The average molecular weight is 419 g/mol. The highest BCUT2D eigenvalue weighted by Crippen LogP contribution is 2.31. The molecule has 0 radical (unpaired) electrons. The number of hydrogen-bond acceptors (Lipinski definition) is 4. The molecule has 6 rings (SSSR count). The number of fused-ring (bicyclic) bond motifs is 2. The Balaban J connectivity index is 1.31. The van der Waals surface area contributed by atoms with E-state index in [9.17, 15) is 0 Å². The highest BCUT2D eigenvalue weighted by Gasteiger charge is 2.12. The second kappa shape index (κ2) is 7.13. The molecule has 0 unspecified atom stereocenters. The van der Waals surface area contributed by atoms with Gasteiger partial charge in [0.25, 0.3) is 0 Å². The molecule has 32 heavy (non-hydrogen) atoms. The first-order chi connectivity index (χ1) is 15.6. The van der Waals surface area contributed by atoms with Crippen LogP contribution in [0.5, 0.6) is 0 Å². The van der Waals surface area contributed by atoms with E-state index in [-0.39, 0.29) is 5.84 Å². The largest absolute Gasteiger partial charge is 0.456 e. The molecule has 3 heterocycles. The number of nitrogens with two attached hydrogens (primary N) is 1. The van der Waals surface area contributed by atoms with E-state index >= 15 is 0 Å². The summed E-state index contributed by atoms with van der Waals surface area (Å²) in [4.78, 5) is 8.05. The molecule has 0 amide bonds. The lowest BCUT2D eigenvalue weighted by Crippen LogP contribution is -2.19. The normalized spacial score (nSPS) is 13.4. The molecule has 156 valence electrons. The van der Waals surface area contributed by atoms with Gasteiger partial charge in [-0.3, -0.25) is 10.4 Å². The van der Waals surface area contributed by atoms with Gasteiger partial charge in [-0.15, -0.1) is 0 Å². The van der Waals surface area contributed by atoms with Gasteiger partial charge in [0.15, 0.2) is 0 Å². The van der Waals surface area contributed by atoms with Crippen LogP contribution in [-0.2, 0) is 0 Å². The Morgan fingerprint density at radius 3 is 2.44 bits per heavy atom. The standard InChI is InChI=1S/C26H21N5O/c27-25(28)19-7-6-18-13-23(32-24(18)14-19)16-3-1-15(2-4-16)21-11-17-5-8-20(12-22(17)31-21)26-29-9-10-30-26/h1-8,11-14,31H,9-10H2,(H3,27,28)(H,29,30). The molecule has 0 bridgehead atoms. The Morgan fingerprint density at radius 2 is 1.66 bits per heavy atom. The van der Waals surface area contributed by atoms with Gasteiger partial charge in [-0.05, 0) is 29.8 Å². The molecule has 0 saturated heterocycles. The van der Waals surface area contributed by atoms with E-state index < -0.39 is 0 Å². The molecule has 6 nitrogen and oxygen atoms in total. The van der Waals surface area contributed by atoms with E-state index in [2.05, 4.69) is 63.8 Å². The van der Waals surface area contributed by atoms with Crippen LogP contribution in [0.2, 0.25) is 0 Å². The summed E-state index contributed by atoms with van der Waals surface area (Å²) >= 11 is 0. The van der Waals surface area contributed by atoms with Gasteiger partial charge in [0.05, 0.1) is 6.54 Å². The van der Waals surface area contributed by atoms with Gasteiger partial charge in [-0.25, -0.2) is 0 Å². The monoisotopic (exact) mass is 419 g/mol. The Bertz CT molecular complexity index is 1520. The smallest absolute Gasteiger partial charge is 0.135 e. The van der Waals surface area contributed by atoms with Gasteiger partial charge in [-0.1, -0.05) is 48.5 Å². The second-order valence-corrected chi connectivity index (χ2v) is 8.00. The van der Waals surface area contributed by atoms with Gasteiger partial charge >= 0.3 is 0 Å². The summed E-state index contributed by atoms with van der Waals surface area (Å²) in [6, 6.07) is 24.5. The summed E-state index contributed by atoms with van der Waals surface area (Å²) in [6.07, 6.45) is 0. The van der Waals surface area contributed by atoms with Crippen LogP contribution in [0.4, 0.5) is 0 Å². The van der Waals surface area contributed by atoms with E-state index in [1.165, 1.54) is 5.39 Å². The van der Waals surface area contributed by atoms with Crippen molar-refractivity contribution in [1.82, 2.24) is 10.3 Å². The number of H-pyrrole nitrogens is 1. The molecule has 5 N–H and O–H groups in total. The zero-order valence-electron chi connectivity index (χ0n) is 17.3. The van der Waals surface area contributed by atoms with Crippen LogP contribution in [0, 0.1) is 5.41 Å². The lowest BCUT2D eigenvalue weighted by molar-refractivity contribution is 0.631. The van der Waals surface area contributed by atoms with Crippen molar-refractivity contribution in [2.45, 2.75) is 0 Å². The maximum absolute atomic E-state index is 7.61. The quantitative estimate of drug-likeness (QED) is 0.246. The predicted octanol–water partition coefficient (Wildman–Crippen LogP) is 4.88. The SMILES string of the molecule is N=C(N)c1ccc2cc(-c3ccc(-c4cc5ccc(C6=NCCN6)cc5[nH]4)cc3)oc2c1. The molecule has 0 atom stereocenters. The number of aromatic nitrogens is 1. The maximum atomic E-state index is 7.61. The van der Waals surface area contributed by atoms with Crippen LogP contribution >= 0.6 is 0 Å². The third-order valence-corrected chi connectivity index (χ3v) is 5.88. The fourth-order valence-electron chi connectivity index (χ4n) is 4.18. The topological polar surface area (TPSA) is 103 Å². The summed E-state index contributed by atoms with van der Waals surface area (Å²) in [7, 11) is 0. The lowest BCUT2D eigenvalue weighted by Gasteiger charge is -2.02. The van der Waals surface area contributed by atoms with Crippen molar-refractivity contribution in [2.75, 3.05) is 13.1 Å². The fourth-order valence-corrected chi connectivity index (χ4v) is 4.18. The van der Waals surface area contributed by atoms with Crippen molar-refractivity contribution in [3.05, 3.63) is 83.9 Å². The molecular weight excluding hydrogens is 398 g/mol. The molecule has 1 aliphatic rings. The van der Waals surface area contributed by atoms with Crippen LogP contribution in [0.25, 0.3) is 44.5 Å². The molecular formula is C26H21N5O. The van der Waals surface area contributed by atoms with Crippen LogP contribution in [-0.4, -0.2) is 29.7 Å². The molecule has 0 spiro atoms. The molecule has 0 aliphatic carbocycles. The molecule has 3 aromatic carbocycles. The van der Waals surface area contributed by atoms with Crippen molar-refractivity contribution in [3.63, 3.8) is 0 Å². The van der Waals surface area contributed by atoms with Crippen LogP contribution < -0.4 is 11.1 Å². The Labute approximate surface area is 184 Å². The number of nitrogens with zero attached hydrogens (tertiary/aromatic N) is 1. The van der Waals surface area contributed by atoms with Gasteiger partial charge in [0, 0.05) is 45.2 Å². The van der Waals surface area contributed by atoms with Crippen molar-refractivity contribution in [1.29, 1.82) is 5.41 Å². The van der Waals surface area contributed by atoms with Crippen molar-refractivity contribution >= 4 is 33.5 Å². The number of rotatable bonds is 4. The summed E-state index contributed by atoms with van der Waals surface area (Å²) in [6.45, 7) is 1.73. The number of amidine groups is 2. The highest BCUT2D eigenvalue weighted by atomic mass is 16.3. The van der Waals surface area contributed by atoms with E-state index in [1.54, 1.807) is 6.07 Å². The Kier molecular flexibility index (Phi) is 4.11. The lowest BCUT2D eigenvalue weighted by atomic mass is 10.1. The van der Waals surface area contributed by atoms with E-state index in [4.69, 9.17) is 15.6 Å². The van der Waals surface area contributed by atoms with Crippen molar-refractivity contribution in [2.24, 2.45) is 10.7 Å². The van der Waals surface area contributed by atoms with Gasteiger partial charge in [0.1, 0.15) is 23.0 Å². The van der Waals surface area contributed by atoms with E-state index in [0.29, 0.717) is 5.56 Å². The Hall–Kier alpha value is -4.32. The molecule has 0 fully saturated rings. The van der Waals surface area contributed by atoms with Gasteiger partial charge in [0.2, 0.25) is 0 Å². The van der Waals surface area contributed by atoms with E-state index in [0.717, 1.165) is 63.6 Å². The summed E-state index contributed by atoms with van der Waals surface area (Å²) in [5.41, 5.74) is 12.4. The number of nitrogens with one attached hydrogen (secondary N) is 3. The predicted molar refractivity (Wildman–Crippen MR) is 129 cm³/mol. The van der Waals surface area contributed by atoms with Crippen molar-refractivity contribution < 1.29 is 4.42 Å². The first-order valence-electron chi connectivity index (χ1n) is 10.5. The minimum Gasteiger partial charge on any atom is -0.456 e. The second-order valence-electron chi connectivity index (χ2n) is 8.00. The Morgan fingerprint density at radius 1 is 0.875 bits per heavy atom. The van der Waals surface area contributed by atoms with E-state index in [1.807, 2.05) is 18.2 Å². The number of benzene rings is 3. The average Bonchev–Trinajstić information content (AvgIpc) is 3.57. The zero-order chi connectivity index (χ0) is 21.7. The fraction of sp³-hybridized carbons (Fsp3) is 0.0769. The number of aromatic amines is 1. The van der Waals surface area contributed by atoms with Gasteiger partial charge < -0.3 is 20.5 Å². The highest BCUT2D eigenvalue weighted by molar-refractivity contribution is 6.03. The minimum atomic E-state index is 0.0344. The first-order valence-corrected chi connectivity index (χ1v) is 10.5. The molecule has 6 heteroatoms. The number of nitrogen functional groups attached to an aromatic ring is 1. The third kappa shape index (κ3) is 3.13. The minimum absolute atomic E-state index is 0.0344. The zero-order valence-corrected chi connectivity index (χ0v) is 17.3. The molecule has 2 aromatic heterocycles. The first kappa shape index (κ1) is 18.4. The summed E-state index contributed by atoms with van der Waals surface area (Å²) in [5, 5.41) is 13.1. The number of hydrogen-bond donors (Lipinski definition) is 4. The van der Waals surface area contributed by atoms with Crippen LogP contribution in [0.1, 0.15) is 11.1 Å². The molecule has 0 saturated carbocycles. The number of furan rings is 1. The van der Waals surface area contributed by atoms with Crippen molar-refractivity contribution in [3.8, 4) is 22.6 Å². The molecule has 1 aliphatic heterocycles. The third-order valence-electron chi connectivity index (χ3n) is 5.88. The van der Waals surface area contributed by atoms with Gasteiger partial charge in [-0.2, -0.15) is 0 Å². The van der Waals surface area contributed by atoms with Crippen LogP contribution in [0.3, 0.4) is 0 Å². The van der Waals surface area contributed by atoms with Crippen LogP contribution in [0.15, 0.2) is 82.2 Å². The molecule has 5 aromatic rings. The summed E-state index contributed by atoms with van der Waals surface area (Å²) < 4.78 is 6.02. The maximum Gasteiger partial charge on any atom is 0.135 e.